The van der Waals surface area contributed by atoms with Crippen LogP contribution in [-0.2, 0) is 0 Å². The van der Waals surface area contributed by atoms with Gasteiger partial charge in [-0.2, -0.15) is 0 Å². The Labute approximate surface area is 191 Å². The maximum Gasteiger partial charge on any atom is 0.287 e. The minimum Gasteiger partial charge on any atom is -0.322 e. The van der Waals surface area contributed by atoms with Crippen molar-refractivity contribution in [3.63, 3.8) is 0 Å². The van der Waals surface area contributed by atoms with Gasteiger partial charge in [0, 0.05) is 28.4 Å². The topological polar surface area (TPSA) is 101 Å². The van der Waals surface area contributed by atoms with Crippen LogP contribution in [0.5, 0.6) is 0 Å². The molecule has 2 N–H and O–H groups in total. The summed E-state index contributed by atoms with van der Waals surface area (Å²) in [6.45, 7) is 1.91. The van der Waals surface area contributed by atoms with Crippen LogP contribution in [0.2, 0.25) is 5.02 Å². The average molecular weight is 466 g/mol. The van der Waals surface area contributed by atoms with Crippen molar-refractivity contribution in [2.45, 2.75) is 6.92 Å². The number of thiophene rings is 1. The number of halogens is 1. The molecule has 0 unspecified atom stereocenters. The van der Waals surface area contributed by atoms with E-state index in [0.29, 0.717) is 27.0 Å². The summed E-state index contributed by atoms with van der Waals surface area (Å²) in [5.74, 6) is -0.703. The lowest BCUT2D eigenvalue weighted by atomic mass is 10.1. The molecular formula is C23H16ClN3O4S. The molecule has 4 aromatic rings. The number of nitro benzene ring substituents is 1. The monoisotopic (exact) mass is 465 g/mol. The lowest BCUT2D eigenvalue weighted by molar-refractivity contribution is -0.382. The maximum absolute atomic E-state index is 12.7. The summed E-state index contributed by atoms with van der Waals surface area (Å²) in [7, 11) is 0. The molecule has 160 valence electrons. The number of rotatable bonds is 5. The molecule has 0 fully saturated rings. The second-order valence-corrected chi connectivity index (χ2v) is 8.41. The minimum absolute atomic E-state index is 0.0952. The summed E-state index contributed by atoms with van der Waals surface area (Å²) >= 11 is 7.30. The van der Waals surface area contributed by atoms with Crippen molar-refractivity contribution >= 4 is 61.9 Å². The highest BCUT2D eigenvalue weighted by Crippen LogP contribution is 2.40. The summed E-state index contributed by atoms with van der Waals surface area (Å²) < 4.78 is 0.349. The molecule has 7 nitrogen and oxygen atoms in total. The number of hydrogen-bond donors (Lipinski definition) is 2. The second kappa shape index (κ2) is 8.78. The molecule has 0 saturated carbocycles. The molecule has 0 radical (unpaired) electrons. The van der Waals surface area contributed by atoms with Gasteiger partial charge in [0.1, 0.15) is 9.58 Å². The van der Waals surface area contributed by atoms with E-state index in [-0.39, 0.29) is 21.5 Å². The fourth-order valence-corrected chi connectivity index (χ4v) is 4.67. The van der Waals surface area contributed by atoms with Crippen LogP contribution in [0.4, 0.5) is 17.1 Å². The third-order valence-electron chi connectivity index (χ3n) is 4.72. The molecule has 0 bridgehead atoms. The van der Waals surface area contributed by atoms with E-state index in [1.807, 2.05) is 19.1 Å². The molecule has 1 aromatic heterocycles. The van der Waals surface area contributed by atoms with E-state index in [9.17, 15) is 19.7 Å². The molecule has 1 heterocycles. The number of carbonyl (C=O) groups is 2. The predicted octanol–water partition coefficient (Wildman–Crippen LogP) is 6.28. The van der Waals surface area contributed by atoms with Gasteiger partial charge in [0.2, 0.25) is 0 Å². The molecule has 9 heteroatoms. The number of nitro groups is 1. The Morgan fingerprint density at radius 2 is 1.56 bits per heavy atom. The molecule has 0 aliphatic carbocycles. The zero-order chi connectivity index (χ0) is 22.8. The van der Waals surface area contributed by atoms with Gasteiger partial charge in [-0.3, -0.25) is 19.7 Å². The summed E-state index contributed by atoms with van der Waals surface area (Å²) in [6, 6.07) is 18.4. The normalized spacial score (nSPS) is 10.7. The quantitative estimate of drug-likeness (QED) is 0.267. The number of fused-ring (bicyclic) bond motifs is 1. The Morgan fingerprint density at radius 3 is 2.19 bits per heavy atom. The molecule has 0 atom stereocenters. The van der Waals surface area contributed by atoms with Gasteiger partial charge in [-0.25, -0.2) is 0 Å². The van der Waals surface area contributed by atoms with Gasteiger partial charge in [-0.15, -0.1) is 11.3 Å². The first-order valence-electron chi connectivity index (χ1n) is 9.48. The summed E-state index contributed by atoms with van der Waals surface area (Å²) in [5.41, 5.74) is 2.51. The van der Waals surface area contributed by atoms with E-state index in [4.69, 9.17) is 11.6 Å². The van der Waals surface area contributed by atoms with Crippen LogP contribution < -0.4 is 10.6 Å². The van der Waals surface area contributed by atoms with Gasteiger partial charge >= 0.3 is 0 Å². The van der Waals surface area contributed by atoms with Gasteiger partial charge in [0.05, 0.1) is 9.95 Å². The second-order valence-electron chi connectivity index (χ2n) is 7.01. The lowest BCUT2D eigenvalue weighted by Gasteiger charge is -2.08. The van der Waals surface area contributed by atoms with Crippen LogP contribution >= 0.6 is 22.9 Å². The van der Waals surface area contributed by atoms with E-state index in [1.54, 1.807) is 42.5 Å². The first-order chi connectivity index (χ1) is 15.3. The van der Waals surface area contributed by atoms with E-state index in [1.165, 1.54) is 12.1 Å². The Morgan fingerprint density at radius 1 is 0.938 bits per heavy atom. The highest BCUT2D eigenvalue weighted by atomic mass is 35.5. The summed E-state index contributed by atoms with van der Waals surface area (Å²) in [4.78, 5) is 36.0. The van der Waals surface area contributed by atoms with Crippen molar-refractivity contribution in [2.24, 2.45) is 0 Å². The number of aryl methyl sites for hydroxylation is 1. The van der Waals surface area contributed by atoms with E-state index in [2.05, 4.69) is 10.6 Å². The third kappa shape index (κ3) is 4.32. The van der Waals surface area contributed by atoms with Crippen molar-refractivity contribution in [3.05, 3.63) is 97.9 Å². The van der Waals surface area contributed by atoms with Crippen molar-refractivity contribution in [2.75, 3.05) is 10.6 Å². The number of hydrogen-bond acceptors (Lipinski definition) is 5. The van der Waals surface area contributed by atoms with Crippen LogP contribution in [0.15, 0.2) is 66.7 Å². The van der Waals surface area contributed by atoms with Crippen molar-refractivity contribution < 1.29 is 14.5 Å². The van der Waals surface area contributed by atoms with Crippen LogP contribution in [0, 0.1) is 17.0 Å². The zero-order valence-corrected chi connectivity index (χ0v) is 18.3. The Balaban J connectivity index is 1.50. The highest BCUT2D eigenvalue weighted by Gasteiger charge is 2.22. The number of benzene rings is 3. The van der Waals surface area contributed by atoms with Crippen molar-refractivity contribution in [1.82, 2.24) is 0 Å². The Bertz CT molecular complexity index is 1370. The minimum atomic E-state index is -0.499. The number of carbonyl (C=O) groups excluding carboxylic acids is 2. The van der Waals surface area contributed by atoms with Crippen molar-refractivity contribution in [1.29, 1.82) is 0 Å². The standard InChI is InChI=1S/C23H16ClN3O4S/c1-13-4-2-5-14(12-13)22(28)25-15-8-10-16(11-9-15)26-23(29)21-19(24)17-6-3-7-18(27(30)31)20(17)32-21/h2-12H,1H3,(H,25,28)(H,26,29). The first kappa shape index (κ1) is 21.5. The lowest BCUT2D eigenvalue weighted by Crippen LogP contribution is -2.13. The van der Waals surface area contributed by atoms with Crippen molar-refractivity contribution in [3.8, 4) is 0 Å². The maximum atomic E-state index is 12.7. The van der Waals surface area contributed by atoms with Gasteiger partial charge in [0.15, 0.2) is 0 Å². The first-order valence-corrected chi connectivity index (χ1v) is 10.7. The number of amides is 2. The molecule has 0 aliphatic heterocycles. The largest absolute Gasteiger partial charge is 0.322 e. The summed E-state index contributed by atoms with van der Waals surface area (Å²) in [6.07, 6.45) is 0. The third-order valence-corrected chi connectivity index (χ3v) is 6.45. The molecule has 0 spiro atoms. The van der Waals surface area contributed by atoms with Gasteiger partial charge < -0.3 is 10.6 Å². The number of nitrogens with zero attached hydrogens (tertiary/aromatic N) is 1. The Kier molecular flexibility index (Phi) is 5.89. The number of anilines is 2. The predicted molar refractivity (Wildman–Crippen MR) is 127 cm³/mol. The van der Waals surface area contributed by atoms with Crippen LogP contribution in [0.25, 0.3) is 10.1 Å². The molecule has 3 aromatic carbocycles. The molecule has 0 saturated heterocycles. The van der Waals surface area contributed by atoms with E-state index in [0.717, 1.165) is 16.9 Å². The fourth-order valence-electron chi connectivity index (χ4n) is 3.18. The van der Waals surface area contributed by atoms with Crippen LogP contribution in [-0.4, -0.2) is 16.7 Å². The van der Waals surface area contributed by atoms with Crippen LogP contribution in [0.3, 0.4) is 0 Å². The van der Waals surface area contributed by atoms with Gasteiger partial charge in [-0.05, 0) is 43.3 Å². The molecule has 0 aliphatic rings. The van der Waals surface area contributed by atoms with Gasteiger partial charge in [0.25, 0.3) is 17.5 Å². The van der Waals surface area contributed by atoms with E-state index >= 15 is 0 Å². The zero-order valence-electron chi connectivity index (χ0n) is 16.7. The van der Waals surface area contributed by atoms with Gasteiger partial charge in [-0.1, -0.05) is 41.4 Å². The molecular weight excluding hydrogens is 450 g/mol. The SMILES string of the molecule is Cc1cccc(C(=O)Nc2ccc(NC(=O)c3sc4c([N+](=O)[O-])cccc4c3Cl)cc2)c1. The smallest absolute Gasteiger partial charge is 0.287 e. The molecule has 4 rings (SSSR count). The molecule has 32 heavy (non-hydrogen) atoms. The van der Waals surface area contributed by atoms with Crippen LogP contribution in [0.1, 0.15) is 25.6 Å². The number of nitrogens with one attached hydrogen (secondary N) is 2. The number of non-ortho nitro benzene ring substituents is 1. The molecule has 2 amide bonds. The average Bonchev–Trinajstić information content (AvgIpc) is 3.12. The highest BCUT2D eigenvalue weighted by molar-refractivity contribution is 7.22. The summed E-state index contributed by atoms with van der Waals surface area (Å²) in [5, 5.41) is 17.4. The van der Waals surface area contributed by atoms with E-state index < -0.39 is 10.8 Å². The Hall–Kier alpha value is -3.75. The fraction of sp³-hybridized carbons (Fsp3) is 0.0435.